The van der Waals surface area contributed by atoms with Crippen LogP contribution in [-0.4, -0.2) is 11.2 Å². The smallest absolute Gasteiger partial charge is 0.0773 e. The Labute approximate surface area is 79.5 Å². The molecule has 1 aromatic carbocycles. The van der Waals surface area contributed by atoms with Crippen molar-refractivity contribution in [2.45, 2.75) is 18.6 Å². The lowest BCUT2D eigenvalue weighted by molar-refractivity contribution is 0.158. The fraction of sp³-hybridized carbons (Fsp3) is 0.333. The molecular formula is C9H10BrNO. The summed E-state index contributed by atoms with van der Waals surface area (Å²) in [7, 11) is 0. The minimum Gasteiger partial charge on any atom is -0.391 e. The van der Waals surface area contributed by atoms with E-state index in [2.05, 4.69) is 15.9 Å². The molecule has 2 nitrogen and oxygen atoms in total. The summed E-state index contributed by atoms with van der Waals surface area (Å²) in [5, 5.41) is 9.50. The van der Waals surface area contributed by atoms with Crippen LogP contribution < -0.4 is 5.73 Å². The first-order chi connectivity index (χ1) is 5.70. The maximum atomic E-state index is 9.50. The van der Waals surface area contributed by atoms with Gasteiger partial charge < -0.3 is 10.8 Å². The summed E-state index contributed by atoms with van der Waals surface area (Å²) < 4.78 is 1.05. The van der Waals surface area contributed by atoms with E-state index in [0.29, 0.717) is 6.42 Å². The second-order valence-corrected chi connectivity index (χ2v) is 3.96. The van der Waals surface area contributed by atoms with Crippen molar-refractivity contribution in [1.29, 1.82) is 0 Å². The van der Waals surface area contributed by atoms with Gasteiger partial charge in [0.1, 0.15) is 0 Å². The van der Waals surface area contributed by atoms with Gasteiger partial charge in [0.25, 0.3) is 0 Å². The molecular weight excluding hydrogens is 218 g/mol. The van der Waals surface area contributed by atoms with Gasteiger partial charge in [0.15, 0.2) is 0 Å². The molecule has 3 N–H and O–H groups in total. The summed E-state index contributed by atoms with van der Waals surface area (Å²) in [4.78, 5) is 0. The molecule has 0 amide bonds. The molecule has 3 heteroatoms. The molecule has 2 atom stereocenters. The Balaban J connectivity index is 2.53. The second kappa shape index (κ2) is 2.83. The van der Waals surface area contributed by atoms with E-state index in [-0.39, 0.29) is 6.04 Å². The predicted octanol–water partition coefficient (Wildman–Crippen LogP) is 1.37. The molecule has 12 heavy (non-hydrogen) atoms. The molecule has 0 saturated carbocycles. The molecule has 64 valence electrons. The first-order valence-electron chi connectivity index (χ1n) is 3.91. The summed E-state index contributed by atoms with van der Waals surface area (Å²) >= 11 is 3.44. The van der Waals surface area contributed by atoms with Crippen LogP contribution in [0.1, 0.15) is 17.2 Å². The fourth-order valence-corrected chi connectivity index (χ4v) is 2.19. The molecule has 2 rings (SSSR count). The number of halogens is 1. The van der Waals surface area contributed by atoms with Gasteiger partial charge in [0, 0.05) is 10.9 Å². The highest BCUT2D eigenvalue weighted by Gasteiger charge is 2.28. The average molecular weight is 228 g/mol. The van der Waals surface area contributed by atoms with E-state index in [1.807, 2.05) is 18.2 Å². The van der Waals surface area contributed by atoms with Crippen LogP contribution in [0, 0.1) is 0 Å². The summed E-state index contributed by atoms with van der Waals surface area (Å²) in [6.07, 6.45) is 0.247. The van der Waals surface area contributed by atoms with Gasteiger partial charge in [0.2, 0.25) is 0 Å². The highest BCUT2D eigenvalue weighted by atomic mass is 79.9. The summed E-state index contributed by atoms with van der Waals surface area (Å²) in [6.45, 7) is 0. The molecule has 0 bridgehead atoms. The van der Waals surface area contributed by atoms with Crippen molar-refractivity contribution < 1.29 is 5.11 Å². The van der Waals surface area contributed by atoms with Crippen LogP contribution in [0.3, 0.4) is 0 Å². The van der Waals surface area contributed by atoms with Crippen LogP contribution >= 0.6 is 15.9 Å². The number of nitrogens with two attached hydrogens (primary N) is 1. The lowest BCUT2D eigenvalue weighted by Gasteiger charge is -2.07. The van der Waals surface area contributed by atoms with E-state index in [0.717, 1.165) is 15.6 Å². The summed E-state index contributed by atoms with van der Waals surface area (Å²) in [6, 6.07) is 5.68. The maximum absolute atomic E-state index is 9.50. The number of hydrogen-bond acceptors (Lipinski definition) is 2. The third-order valence-electron chi connectivity index (χ3n) is 2.34. The summed E-state index contributed by atoms with van der Waals surface area (Å²) in [5.41, 5.74) is 8.00. The van der Waals surface area contributed by atoms with E-state index in [1.54, 1.807) is 0 Å². The molecule has 1 aromatic rings. The van der Waals surface area contributed by atoms with Gasteiger partial charge in [-0.25, -0.2) is 0 Å². The van der Waals surface area contributed by atoms with Crippen molar-refractivity contribution in [2.75, 3.05) is 0 Å². The zero-order valence-electron chi connectivity index (χ0n) is 6.50. The lowest BCUT2D eigenvalue weighted by Crippen LogP contribution is -2.21. The van der Waals surface area contributed by atoms with Gasteiger partial charge in [-0.3, -0.25) is 0 Å². The molecule has 0 fully saturated rings. The molecule has 1 aliphatic rings. The zero-order chi connectivity index (χ0) is 8.72. The van der Waals surface area contributed by atoms with E-state index >= 15 is 0 Å². The zero-order valence-corrected chi connectivity index (χ0v) is 8.08. The average Bonchev–Trinajstić information content (AvgIpc) is 2.32. The van der Waals surface area contributed by atoms with Gasteiger partial charge in [-0.1, -0.05) is 28.1 Å². The van der Waals surface area contributed by atoms with E-state index in [4.69, 9.17) is 5.73 Å². The quantitative estimate of drug-likeness (QED) is 0.704. The van der Waals surface area contributed by atoms with Crippen molar-refractivity contribution in [2.24, 2.45) is 5.73 Å². The number of fused-ring (bicyclic) bond motifs is 1. The maximum Gasteiger partial charge on any atom is 0.0773 e. The van der Waals surface area contributed by atoms with Crippen molar-refractivity contribution in [3.63, 3.8) is 0 Å². The van der Waals surface area contributed by atoms with Crippen molar-refractivity contribution >= 4 is 15.9 Å². The Kier molecular flexibility index (Phi) is 1.94. The lowest BCUT2D eigenvalue weighted by atomic mass is 10.1. The molecule has 0 radical (unpaired) electrons. The molecule has 0 spiro atoms. The minimum absolute atomic E-state index is 0.211. The van der Waals surface area contributed by atoms with Crippen LogP contribution in [0.25, 0.3) is 0 Å². The van der Waals surface area contributed by atoms with Crippen LogP contribution in [0.2, 0.25) is 0 Å². The Bertz CT molecular complexity index is 313. The van der Waals surface area contributed by atoms with Gasteiger partial charge in [-0.15, -0.1) is 0 Å². The van der Waals surface area contributed by atoms with Gasteiger partial charge in [-0.2, -0.15) is 0 Å². The van der Waals surface area contributed by atoms with E-state index in [1.165, 1.54) is 0 Å². The Hall–Kier alpha value is -0.380. The SMILES string of the molecule is N[C@@H]1c2cccc(Br)c2C[C@@H]1O. The Morgan fingerprint density at radius 2 is 2.25 bits per heavy atom. The standard InChI is InChI=1S/C9H10BrNO/c10-7-3-1-2-5-6(7)4-8(12)9(5)11/h1-3,8-9,12H,4,11H2/t8-,9+/m0/s1. The molecule has 0 heterocycles. The predicted molar refractivity (Wildman–Crippen MR) is 50.8 cm³/mol. The van der Waals surface area contributed by atoms with Crippen LogP contribution in [0.5, 0.6) is 0 Å². The number of benzene rings is 1. The molecule has 1 aliphatic carbocycles. The molecule has 0 aliphatic heterocycles. The molecule has 0 unspecified atom stereocenters. The normalized spacial score (nSPS) is 27.2. The topological polar surface area (TPSA) is 46.2 Å². The molecule has 0 saturated heterocycles. The van der Waals surface area contributed by atoms with Crippen molar-refractivity contribution in [1.82, 2.24) is 0 Å². The minimum atomic E-state index is -0.418. The number of rotatable bonds is 0. The first kappa shape index (κ1) is 8.23. The van der Waals surface area contributed by atoms with E-state index in [9.17, 15) is 5.11 Å². The number of hydrogen-bond donors (Lipinski definition) is 2. The monoisotopic (exact) mass is 227 g/mol. The number of aliphatic hydroxyl groups excluding tert-OH is 1. The van der Waals surface area contributed by atoms with Crippen LogP contribution in [0.15, 0.2) is 22.7 Å². The Morgan fingerprint density at radius 1 is 1.50 bits per heavy atom. The van der Waals surface area contributed by atoms with Crippen LogP contribution in [0.4, 0.5) is 0 Å². The third-order valence-corrected chi connectivity index (χ3v) is 3.08. The first-order valence-corrected chi connectivity index (χ1v) is 4.70. The largest absolute Gasteiger partial charge is 0.391 e. The highest BCUT2D eigenvalue weighted by Crippen LogP contribution is 2.34. The fourth-order valence-electron chi connectivity index (χ4n) is 1.65. The van der Waals surface area contributed by atoms with E-state index < -0.39 is 6.10 Å². The third kappa shape index (κ3) is 1.09. The number of aliphatic hydroxyl groups is 1. The summed E-state index contributed by atoms with van der Waals surface area (Å²) in [5.74, 6) is 0. The van der Waals surface area contributed by atoms with Crippen LogP contribution in [-0.2, 0) is 6.42 Å². The second-order valence-electron chi connectivity index (χ2n) is 3.10. The van der Waals surface area contributed by atoms with Gasteiger partial charge in [0.05, 0.1) is 12.1 Å². The van der Waals surface area contributed by atoms with Crippen molar-refractivity contribution in [3.8, 4) is 0 Å². The van der Waals surface area contributed by atoms with Gasteiger partial charge >= 0.3 is 0 Å². The molecule has 0 aromatic heterocycles. The van der Waals surface area contributed by atoms with Crippen molar-refractivity contribution in [3.05, 3.63) is 33.8 Å². The highest BCUT2D eigenvalue weighted by molar-refractivity contribution is 9.10. The van der Waals surface area contributed by atoms with Gasteiger partial charge in [-0.05, 0) is 17.2 Å². The Morgan fingerprint density at radius 3 is 2.92 bits per heavy atom.